The Hall–Kier alpha value is -4.40. The fourth-order valence-corrected chi connectivity index (χ4v) is 4.16. The Morgan fingerprint density at radius 2 is 1.90 bits per heavy atom. The predicted molar refractivity (Wildman–Crippen MR) is 151 cm³/mol. The molecular formula is C26H33F3N8O3S. The van der Waals surface area contributed by atoms with E-state index in [1.165, 1.54) is 29.5 Å². The third-order valence-corrected chi connectivity index (χ3v) is 6.36. The van der Waals surface area contributed by atoms with E-state index in [-0.39, 0.29) is 24.6 Å². The summed E-state index contributed by atoms with van der Waals surface area (Å²) >= 11 is 1.28. The van der Waals surface area contributed by atoms with Crippen molar-refractivity contribution in [3.05, 3.63) is 69.8 Å². The highest BCUT2D eigenvalue weighted by atomic mass is 32.1. The monoisotopic (exact) mass is 594 g/mol. The van der Waals surface area contributed by atoms with Gasteiger partial charge in [0.25, 0.3) is 0 Å². The zero-order chi connectivity index (χ0) is 30.4. The number of carbonyl (C=O) groups excluding carboxylic acids is 2. The van der Waals surface area contributed by atoms with Crippen molar-refractivity contribution in [1.82, 2.24) is 20.8 Å². The Labute approximate surface area is 239 Å². The Kier molecular flexibility index (Phi) is 12.8. The second-order valence-corrected chi connectivity index (χ2v) is 9.82. The van der Waals surface area contributed by atoms with Gasteiger partial charge in [0.05, 0.1) is 12.8 Å². The Bertz CT molecular complexity index is 1300. The maximum absolute atomic E-state index is 12.4. The molecule has 0 bridgehead atoms. The van der Waals surface area contributed by atoms with Gasteiger partial charge < -0.3 is 37.6 Å². The lowest BCUT2D eigenvalue weighted by Crippen LogP contribution is -2.28. The standard InChI is InChI=1S/C26H33F3N8O3S/c1-16(33-2)18(15-30)14-23(39)35-25-37-36-24(41-25)9-4-3-7-19(31)10-11-21(32)34-22(38)13-17-6-5-8-20(12-17)40-26(27,28)29/h5-6,8,10-12,15,30,33H,3-4,7,9,13-14,31-32H2,1-2H3,(H,34,38)(H,35,37,39)/b18-16-,19-10-,21-11+,30-15?. The molecule has 222 valence electrons. The van der Waals surface area contributed by atoms with Crippen LogP contribution in [0.15, 0.2) is 59.2 Å². The molecule has 1 aromatic heterocycles. The van der Waals surface area contributed by atoms with Crippen molar-refractivity contribution in [3.63, 3.8) is 0 Å². The minimum Gasteiger partial charge on any atom is -0.406 e. The first-order chi connectivity index (χ1) is 19.4. The van der Waals surface area contributed by atoms with Crippen LogP contribution in [0, 0.1) is 5.41 Å². The van der Waals surface area contributed by atoms with E-state index in [1.807, 2.05) is 0 Å². The molecule has 0 atom stereocenters. The number of rotatable bonds is 15. The Morgan fingerprint density at radius 1 is 1.15 bits per heavy atom. The van der Waals surface area contributed by atoms with Crippen LogP contribution in [0.4, 0.5) is 18.3 Å². The number of unbranched alkanes of at least 4 members (excludes halogenated alkanes) is 1. The lowest BCUT2D eigenvalue weighted by Gasteiger charge is -2.10. The number of carbonyl (C=O) groups is 2. The molecule has 0 aliphatic rings. The highest BCUT2D eigenvalue weighted by Gasteiger charge is 2.31. The quantitative estimate of drug-likeness (QED) is 0.103. The van der Waals surface area contributed by atoms with Gasteiger partial charge in [-0.05, 0) is 61.6 Å². The van der Waals surface area contributed by atoms with Gasteiger partial charge in [-0.15, -0.1) is 23.4 Å². The van der Waals surface area contributed by atoms with Gasteiger partial charge >= 0.3 is 6.36 Å². The summed E-state index contributed by atoms with van der Waals surface area (Å²) in [7, 11) is 1.72. The summed E-state index contributed by atoms with van der Waals surface area (Å²) in [6, 6.07) is 5.13. The molecule has 0 saturated carbocycles. The van der Waals surface area contributed by atoms with Crippen LogP contribution in [0.3, 0.4) is 0 Å². The third kappa shape index (κ3) is 13.0. The number of allylic oxidation sites excluding steroid dienone is 4. The predicted octanol–water partition coefficient (Wildman–Crippen LogP) is 3.62. The topological polar surface area (TPSA) is 181 Å². The number of hydrogen-bond donors (Lipinski definition) is 6. The zero-order valence-electron chi connectivity index (χ0n) is 22.6. The van der Waals surface area contributed by atoms with Gasteiger partial charge in [0.15, 0.2) is 0 Å². The normalized spacial score (nSPS) is 12.8. The third-order valence-electron chi connectivity index (χ3n) is 5.46. The minimum atomic E-state index is -4.82. The van der Waals surface area contributed by atoms with E-state index < -0.39 is 18.0 Å². The van der Waals surface area contributed by atoms with Crippen LogP contribution in [0.25, 0.3) is 0 Å². The van der Waals surface area contributed by atoms with Crippen molar-refractivity contribution in [2.45, 2.75) is 51.8 Å². The van der Waals surface area contributed by atoms with E-state index in [0.29, 0.717) is 34.8 Å². The highest BCUT2D eigenvalue weighted by Crippen LogP contribution is 2.23. The Balaban J connectivity index is 1.74. The molecule has 1 heterocycles. The molecule has 8 N–H and O–H groups in total. The number of hydrogen-bond acceptors (Lipinski definition) is 10. The van der Waals surface area contributed by atoms with E-state index in [0.717, 1.165) is 41.9 Å². The molecule has 0 saturated heterocycles. The van der Waals surface area contributed by atoms with Crippen molar-refractivity contribution in [2.24, 2.45) is 11.5 Å². The van der Waals surface area contributed by atoms with Crippen LogP contribution in [0.5, 0.6) is 5.75 Å². The smallest absolute Gasteiger partial charge is 0.406 e. The number of aromatic nitrogens is 2. The molecule has 0 spiro atoms. The number of benzene rings is 1. The molecule has 41 heavy (non-hydrogen) atoms. The van der Waals surface area contributed by atoms with Crippen molar-refractivity contribution < 1.29 is 27.5 Å². The van der Waals surface area contributed by atoms with Crippen molar-refractivity contribution in [2.75, 3.05) is 12.4 Å². The van der Waals surface area contributed by atoms with Gasteiger partial charge in [-0.2, -0.15) is 0 Å². The summed E-state index contributed by atoms with van der Waals surface area (Å²) in [5.74, 6) is -1.18. The average Bonchev–Trinajstić information content (AvgIpc) is 3.34. The lowest BCUT2D eigenvalue weighted by atomic mass is 10.1. The zero-order valence-corrected chi connectivity index (χ0v) is 23.4. The Morgan fingerprint density at radius 3 is 2.59 bits per heavy atom. The summed E-state index contributed by atoms with van der Waals surface area (Å²) < 4.78 is 41.0. The maximum atomic E-state index is 12.4. The highest BCUT2D eigenvalue weighted by molar-refractivity contribution is 7.15. The molecule has 0 radical (unpaired) electrons. The maximum Gasteiger partial charge on any atom is 0.573 e. The number of aryl methyl sites for hydroxylation is 1. The van der Waals surface area contributed by atoms with Crippen LogP contribution in [-0.2, 0) is 22.4 Å². The first kappa shape index (κ1) is 32.8. The van der Waals surface area contributed by atoms with Gasteiger partial charge in [0, 0.05) is 31.1 Å². The first-order valence-corrected chi connectivity index (χ1v) is 13.3. The molecule has 15 heteroatoms. The second kappa shape index (κ2) is 16.0. The molecule has 0 unspecified atom stereocenters. The molecule has 2 aromatic rings. The summed E-state index contributed by atoms with van der Waals surface area (Å²) in [5.41, 5.74) is 14.0. The van der Waals surface area contributed by atoms with Crippen LogP contribution in [0.1, 0.15) is 43.2 Å². The molecule has 0 aliphatic carbocycles. The first-order valence-electron chi connectivity index (χ1n) is 12.4. The van der Waals surface area contributed by atoms with E-state index in [2.05, 4.69) is 30.9 Å². The molecule has 2 rings (SSSR count). The minimum absolute atomic E-state index is 0.0356. The van der Waals surface area contributed by atoms with Gasteiger partial charge in [0.2, 0.25) is 16.9 Å². The number of anilines is 1. The van der Waals surface area contributed by atoms with E-state index in [4.69, 9.17) is 16.9 Å². The molecular weight excluding hydrogens is 561 g/mol. The molecule has 0 aliphatic heterocycles. The molecule has 1 aromatic carbocycles. The second-order valence-electron chi connectivity index (χ2n) is 8.76. The lowest BCUT2D eigenvalue weighted by molar-refractivity contribution is -0.274. The summed E-state index contributed by atoms with van der Waals surface area (Å²) in [5, 5.41) is 24.7. The number of nitrogens with one attached hydrogen (secondary N) is 4. The van der Waals surface area contributed by atoms with Gasteiger partial charge in [0.1, 0.15) is 16.6 Å². The fraction of sp³-hybridized carbons (Fsp3) is 0.346. The summed E-state index contributed by atoms with van der Waals surface area (Å²) in [6.07, 6.45) is 1.91. The molecule has 0 fully saturated rings. The van der Waals surface area contributed by atoms with Crippen LogP contribution in [-0.4, -0.2) is 41.6 Å². The van der Waals surface area contributed by atoms with Crippen molar-refractivity contribution in [3.8, 4) is 5.75 Å². The fourth-order valence-electron chi connectivity index (χ4n) is 3.36. The number of halogens is 3. The van der Waals surface area contributed by atoms with Gasteiger partial charge in [-0.1, -0.05) is 23.5 Å². The van der Waals surface area contributed by atoms with E-state index in [1.54, 1.807) is 20.0 Å². The summed E-state index contributed by atoms with van der Waals surface area (Å²) in [6.45, 7) is 1.79. The van der Waals surface area contributed by atoms with Crippen molar-refractivity contribution in [1.29, 1.82) is 5.41 Å². The van der Waals surface area contributed by atoms with Crippen LogP contribution in [0.2, 0.25) is 0 Å². The van der Waals surface area contributed by atoms with Crippen LogP contribution < -0.4 is 32.2 Å². The largest absolute Gasteiger partial charge is 0.573 e. The van der Waals surface area contributed by atoms with Crippen molar-refractivity contribution >= 4 is 34.5 Å². The van der Waals surface area contributed by atoms with E-state index in [9.17, 15) is 22.8 Å². The number of alkyl halides is 3. The number of nitrogens with zero attached hydrogens (tertiary/aromatic N) is 2. The summed E-state index contributed by atoms with van der Waals surface area (Å²) in [4.78, 5) is 24.4. The molecule has 2 amide bonds. The van der Waals surface area contributed by atoms with E-state index >= 15 is 0 Å². The average molecular weight is 595 g/mol. The van der Waals surface area contributed by atoms with Gasteiger partial charge in [-0.3, -0.25) is 9.59 Å². The number of nitrogens with two attached hydrogens (primary N) is 2. The molecule has 11 nitrogen and oxygen atoms in total. The number of ether oxygens (including phenoxy) is 1. The van der Waals surface area contributed by atoms with Crippen LogP contribution >= 0.6 is 11.3 Å². The van der Waals surface area contributed by atoms with Gasteiger partial charge in [-0.25, -0.2) is 0 Å². The number of amides is 2. The SMILES string of the molecule is CN/C(C)=C(\C=N)CC(=O)Nc1nnc(CCCC/C(N)=C/C=C(\N)NC(=O)Cc2cccc(OC(F)(F)F)c2)s1.